The van der Waals surface area contributed by atoms with Gasteiger partial charge in [-0.05, 0) is 88.5 Å². The Morgan fingerprint density at radius 3 is 1.06 bits per heavy atom. The van der Waals surface area contributed by atoms with Crippen LogP contribution in [0.25, 0.3) is 33.4 Å². The third-order valence-corrected chi connectivity index (χ3v) is 12.1. The van der Waals surface area contributed by atoms with Gasteiger partial charge < -0.3 is 14.0 Å². The lowest BCUT2D eigenvalue weighted by Crippen LogP contribution is -2.44. The number of nitrogens with zero attached hydrogens (tertiary/aromatic N) is 1. The Morgan fingerprint density at radius 1 is 0.484 bits per heavy atom. The second kappa shape index (κ2) is 16.1. The quantitative estimate of drug-likeness (QED) is 0.125. The SMILES string of the molecule is COc1c(C(C)(C)C)cc2c(c1-c1cc(C(F)(F)F)cc(C(F)(F)F)c1)C[N+](C)([C@@H](C)c1ccccc1)Cc1c-2cc(C(C)(C)C)c(OC)c1-c1cc(C(F)(F)F)cc(C(F)(F)F)c1. The van der Waals surface area contributed by atoms with E-state index >= 15 is 0 Å². The molecule has 64 heavy (non-hydrogen) atoms. The van der Waals surface area contributed by atoms with Gasteiger partial charge in [0.2, 0.25) is 0 Å². The van der Waals surface area contributed by atoms with E-state index in [0.717, 1.165) is 5.56 Å². The molecule has 0 spiro atoms. The third kappa shape index (κ3) is 9.19. The number of halogens is 12. The Kier molecular flexibility index (Phi) is 12.1. The molecule has 0 saturated heterocycles. The molecule has 344 valence electrons. The molecule has 1 heterocycles. The van der Waals surface area contributed by atoms with E-state index in [1.807, 2.05) is 19.1 Å². The predicted octanol–water partition coefficient (Wildman–Crippen LogP) is 15.6. The maximum Gasteiger partial charge on any atom is 0.416 e. The molecule has 0 aromatic heterocycles. The normalized spacial score (nSPS) is 15.3. The van der Waals surface area contributed by atoms with E-state index in [4.69, 9.17) is 9.47 Å². The molecule has 0 saturated carbocycles. The van der Waals surface area contributed by atoms with Gasteiger partial charge in [-0.3, -0.25) is 0 Å². The number of hydrogen-bond acceptors (Lipinski definition) is 2. The van der Waals surface area contributed by atoms with Crippen molar-refractivity contribution >= 4 is 0 Å². The third-order valence-electron chi connectivity index (χ3n) is 12.1. The van der Waals surface area contributed by atoms with Crippen LogP contribution in [0.5, 0.6) is 11.5 Å². The number of hydrogen-bond donors (Lipinski definition) is 0. The van der Waals surface area contributed by atoms with Gasteiger partial charge in [0, 0.05) is 38.9 Å². The van der Waals surface area contributed by atoms with Crippen LogP contribution >= 0.6 is 0 Å². The van der Waals surface area contributed by atoms with Crippen LogP contribution in [0.1, 0.15) is 105 Å². The molecule has 15 heteroatoms. The van der Waals surface area contributed by atoms with Crippen molar-refractivity contribution in [3.63, 3.8) is 0 Å². The van der Waals surface area contributed by atoms with E-state index in [9.17, 15) is 52.7 Å². The average Bonchev–Trinajstić information content (AvgIpc) is 3.30. The summed E-state index contributed by atoms with van der Waals surface area (Å²) in [6.07, 6.45) is -20.9. The van der Waals surface area contributed by atoms with E-state index in [1.165, 1.54) is 14.2 Å². The zero-order valence-electron chi connectivity index (χ0n) is 36.8. The molecule has 0 N–H and O–H groups in total. The molecule has 0 unspecified atom stereocenters. The number of quaternary nitrogens is 1. The van der Waals surface area contributed by atoms with Gasteiger partial charge in [0.25, 0.3) is 0 Å². The number of benzene rings is 5. The maximum atomic E-state index is 14.6. The van der Waals surface area contributed by atoms with Gasteiger partial charge in [0.1, 0.15) is 30.6 Å². The van der Waals surface area contributed by atoms with Crippen molar-refractivity contribution in [2.75, 3.05) is 21.3 Å². The predicted molar refractivity (Wildman–Crippen MR) is 222 cm³/mol. The van der Waals surface area contributed by atoms with Crippen molar-refractivity contribution in [1.29, 1.82) is 0 Å². The molecule has 5 aromatic rings. The number of rotatable bonds is 6. The second-order valence-corrected chi connectivity index (χ2v) is 18.7. The highest BCUT2D eigenvalue weighted by atomic mass is 19.4. The van der Waals surface area contributed by atoms with Crippen LogP contribution in [-0.4, -0.2) is 25.8 Å². The fourth-order valence-corrected chi connectivity index (χ4v) is 8.71. The maximum absolute atomic E-state index is 14.6. The van der Waals surface area contributed by atoms with E-state index in [0.29, 0.717) is 46.5 Å². The fourth-order valence-electron chi connectivity index (χ4n) is 8.71. The summed E-state index contributed by atoms with van der Waals surface area (Å²) in [4.78, 5) is 0. The fraction of sp³-hybridized carbons (Fsp3) is 0.388. The largest absolute Gasteiger partial charge is 0.496 e. The Morgan fingerprint density at radius 2 is 0.797 bits per heavy atom. The summed E-state index contributed by atoms with van der Waals surface area (Å²) in [5.41, 5.74) is -6.59. The lowest BCUT2D eigenvalue weighted by molar-refractivity contribution is -0.962. The highest BCUT2D eigenvalue weighted by Crippen LogP contribution is 2.56. The summed E-state index contributed by atoms with van der Waals surface area (Å²) in [6, 6.07) is 14.5. The van der Waals surface area contributed by atoms with Gasteiger partial charge in [-0.2, -0.15) is 52.7 Å². The molecule has 0 aliphatic carbocycles. The van der Waals surface area contributed by atoms with Crippen molar-refractivity contribution in [2.45, 2.75) is 103 Å². The van der Waals surface area contributed by atoms with Gasteiger partial charge >= 0.3 is 24.7 Å². The number of alkyl halides is 12. The monoisotopic (exact) mass is 910 g/mol. The highest BCUT2D eigenvalue weighted by molar-refractivity contribution is 5.91. The first-order valence-electron chi connectivity index (χ1n) is 20.2. The lowest BCUT2D eigenvalue weighted by Gasteiger charge is -2.41. The molecule has 1 atom stereocenters. The van der Waals surface area contributed by atoms with Crippen LogP contribution < -0.4 is 9.47 Å². The van der Waals surface area contributed by atoms with Crippen molar-refractivity contribution in [1.82, 2.24) is 0 Å². The summed E-state index contributed by atoms with van der Waals surface area (Å²) in [6.45, 7) is 12.2. The second-order valence-electron chi connectivity index (χ2n) is 18.7. The molecule has 1 aliphatic heterocycles. The van der Waals surface area contributed by atoms with Gasteiger partial charge in [-0.1, -0.05) is 71.9 Å². The Labute approximate surface area is 364 Å². The van der Waals surface area contributed by atoms with Crippen LogP contribution in [0.2, 0.25) is 0 Å². The van der Waals surface area contributed by atoms with E-state index in [1.54, 1.807) is 78.9 Å². The van der Waals surface area contributed by atoms with Crippen molar-refractivity contribution in [3.05, 3.63) is 129 Å². The molecular weight excluding hydrogens is 863 g/mol. The molecular formula is C49H48F12NO2+. The molecule has 1 aliphatic rings. The zero-order valence-corrected chi connectivity index (χ0v) is 36.8. The zero-order chi connectivity index (χ0) is 47.9. The van der Waals surface area contributed by atoms with Crippen molar-refractivity contribution in [3.8, 4) is 44.9 Å². The van der Waals surface area contributed by atoms with Gasteiger partial charge in [0.05, 0.1) is 43.5 Å². The molecule has 0 bridgehead atoms. The first-order chi connectivity index (χ1) is 29.2. The van der Waals surface area contributed by atoms with Gasteiger partial charge in [-0.25, -0.2) is 0 Å². The summed E-state index contributed by atoms with van der Waals surface area (Å²) < 4.78 is 187. The van der Waals surface area contributed by atoms with Crippen LogP contribution in [0.4, 0.5) is 52.7 Å². The lowest BCUT2D eigenvalue weighted by atomic mass is 9.76. The topological polar surface area (TPSA) is 18.5 Å². The minimum absolute atomic E-state index is 0.00135. The Balaban J connectivity index is 1.94. The number of fused-ring (bicyclic) bond motifs is 3. The average molecular weight is 911 g/mol. The van der Waals surface area contributed by atoms with Crippen LogP contribution in [0.3, 0.4) is 0 Å². The van der Waals surface area contributed by atoms with Crippen LogP contribution in [0.15, 0.2) is 78.9 Å². The first-order valence-corrected chi connectivity index (χ1v) is 20.2. The van der Waals surface area contributed by atoms with Crippen LogP contribution in [-0.2, 0) is 48.6 Å². The Hall–Kier alpha value is -5.18. The smallest absolute Gasteiger partial charge is 0.416 e. The minimum Gasteiger partial charge on any atom is -0.496 e. The van der Waals surface area contributed by atoms with Crippen LogP contribution in [0, 0.1) is 0 Å². The Bertz CT molecular complexity index is 2350. The van der Waals surface area contributed by atoms with E-state index < -0.39 is 75.0 Å². The van der Waals surface area contributed by atoms with E-state index in [-0.39, 0.29) is 63.5 Å². The van der Waals surface area contributed by atoms with Gasteiger partial charge in [-0.15, -0.1) is 0 Å². The summed E-state index contributed by atoms with van der Waals surface area (Å²) in [5, 5.41) is 0. The first kappa shape index (κ1) is 48.3. The molecule has 5 aromatic carbocycles. The van der Waals surface area contributed by atoms with Gasteiger partial charge in [0.15, 0.2) is 0 Å². The number of ether oxygens (including phenoxy) is 2. The van der Waals surface area contributed by atoms with Crippen molar-refractivity contribution < 1.29 is 66.6 Å². The molecule has 0 radical (unpaired) electrons. The molecule has 0 fully saturated rings. The standard InChI is InChI=1S/C49H48F12NO2/c1-26(27-14-12-11-13-15-27)62(8)24-36-34(22-38(44(2,3)4)42(63-9)40(36)28-16-30(46(50,51)52)20-31(17-28)47(53,54)55)35-23-39(45(5,6)7)43(64-10)41(37(35)25-62)29-18-32(48(56,57)58)21-33(19-29)49(59,60)61/h11-23,26H,24-25H2,1-10H3/q+1/t26-/m0/s1. The molecule has 6 rings (SSSR count). The summed E-state index contributed by atoms with van der Waals surface area (Å²) in [7, 11) is 4.30. The summed E-state index contributed by atoms with van der Waals surface area (Å²) in [5.74, 6) is -0.00270. The summed E-state index contributed by atoms with van der Waals surface area (Å²) >= 11 is 0. The molecule has 3 nitrogen and oxygen atoms in total. The highest BCUT2D eigenvalue weighted by Gasteiger charge is 2.44. The van der Waals surface area contributed by atoms with E-state index in [2.05, 4.69) is 0 Å². The minimum atomic E-state index is -5.21. The number of methoxy groups -OCH3 is 2. The molecule has 0 amide bonds. The van der Waals surface area contributed by atoms with Crippen molar-refractivity contribution in [2.24, 2.45) is 0 Å².